The lowest BCUT2D eigenvalue weighted by molar-refractivity contribution is -0.290. The molecule has 2 N–H and O–H groups in total. The normalized spacial score (nSPS) is 54.6. The fourth-order valence-electron chi connectivity index (χ4n) is 12.1. The van der Waals surface area contributed by atoms with E-state index in [1.807, 2.05) is 0 Å². The van der Waals surface area contributed by atoms with E-state index in [-0.39, 0.29) is 34.5 Å². The molecule has 11 atom stereocenters. The molecule has 5 rings (SSSR count). The van der Waals surface area contributed by atoms with Crippen molar-refractivity contribution < 1.29 is 24.5 Å². The van der Waals surface area contributed by atoms with Gasteiger partial charge in [-0.2, -0.15) is 0 Å². The van der Waals surface area contributed by atoms with Gasteiger partial charge >= 0.3 is 12.1 Å². The molecular formula is C32H52O5. The number of aliphatic hydroxyl groups is 1. The standard InChI is InChI=1S/C32H52O5/c1-19-11-13-28(5)16-17-29(6)21(24(28)20(19)2)9-10-23-30(29,7)14-12-22-27(3,4)15-18-32(36,31(22,23)8)25(33)37-26(34)35/h19-24,36H,9-18H2,1-8H3,(H,34,35)/t19-,20+,21-,22+,23+,24+,28-,29-,30-,31+,32?/m1/s1. The molecule has 0 saturated heterocycles. The summed E-state index contributed by atoms with van der Waals surface area (Å²) in [5, 5.41) is 21.6. The van der Waals surface area contributed by atoms with Gasteiger partial charge in [-0.25, -0.2) is 9.59 Å². The Morgan fingerprint density at radius 2 is 1.43 bits per heavy atom. The Morgan fingerprint density at radius 1 is 0.757 bits per heavy atom. The van der Waals surface area contributed by atoms with Gasteiger partial charge in [-0.3, -0.25) is 0 Å². The van der Waals surface area contributed by atoms with Gasteiger partial charge in [0.05, 0.1) is 0 Å². The van der Waals surface area contributed by atoms with E-state index in [1.165, 1.54) is 25.7 Å². The molecule has 37 heavy (non-hydrogen) atoms. The van der Waals surface area contributed by atoms with E-state index in [1.54, 1.807) is 0 Å². The van der Waals surface area contributed by atoms with Crippen molar-refractivity contribution in [3.8, 4) is 0 Å². The maximum Gasteiger partial charge on any atom is 0.513 e. The Balaban J connectivity index is 1.61. The number of fused-ring (bicyclic) bond motifs is 7. The van der Waals surface area contributed by atoms with Gasteiger partial charge in [-0.1, -0.05) is 55.4 Å². The number of esters is 1. The largest absolute Gasteiger partial charge is 0.513 e. The molecule has 5 aliphatic carbocycles. The monoisotopic (exact) mass is 516 g/mol. The third kappa shape index (κ3) is 3.37. The highest BCUT2D eigenvalue weighted by Gasteiger charge is 2.75. The van der Waals surface area contributed by atoms with Crippen molar-refractivity contribution in [2.45, 2.75) is 125 Å². The second kappa shape index (κ2) is 8.21. The zero-order chi connectivity index (χ0) is 27.4. The number of carbonyl (C=O) groups excluding carboxylic acids is 1. The van der Waals surface area contributed by atoms with Gasteiger partial charge in [0, 0.05) is 5.41 Å². The molecule has 5 aliphatic rings. The summed E-state index contributed by atoms with van der Waals surface area (Å²) in [6.07, 6.45) is 8.71. The van der Waals surface area contributed by atoms with Crippen molar-refractivity contribution in [1.29, 1.82) is 0 Å². The lowest BCUT2D eigenvalue weighted by Crippen LogP contribution is -2.73. The molecule has 0 heterocycles. The zero-order valence-corrected chi connectivity index (χ0v) is 24.7. The maximum atomic E-state index is 13.4. The molecule has 0 aromatic rings. The Kier molecular flexibility index (Phi) is 6.09. The van der Waals surface area contributed by atoms with Crippen LogP contribution in [0.25, 0.3) is 0 Å². The Hall–Kier alpha value is -1.10. The van der Waals surface area contributed by atoms with Gasteiger partial charge in [-0.05, 0) is 121 Å². The minimum absolute atomic E-state index is 0.0200. The van der Waals surface area contributed by atoms with Crippen LogP contribution < -0.4 is 0 Å². The molecule has 210 valence electrons. The number of carbonyl (C=O) groups is 2. The first-order valence-electron chi connectivity index (χ1n) is 15.2. The van der Waals surface area contributed by atoms with Crippen LogP contribution in [0.15, 0.2) is 0 Å². The molecular weight excluding hydrogens is 464 g/mol. The number of ether oxygens (including phenoxy) is 1. The SMILES string of the molecule is C[C@@H]1[C@H]2[C@H]3CC[C@@H]4[C@]5(C)[C@@H](CC[C@@]4(C)[C@]3(C)CC[C@@]2(C)CC[C@H]1C)C(C)(C)CCC5(O)C(=O)OC(=O)O. The van der Waals surface area contributed by atoms with Crippen LogP contribution in [0, 0.1) is 62.6 Å². The van der Waals surface area contributed by atoms with Gasteiger partial charge in [0.15, 0.2) is 5.60 Å². The van der Waals surface area contributed by atoms with Crippen LogP contribution in [0.3, 0.4) is 0 Å². The van der Waals surface area contributed by atoms with Gasteiger partial charge in [-0.15, -0.1) is 0 Å². The van der Waals surface area contributed by atoms with E-state index >= 15 is 0 Å². The second-order valence-corrected chi connectivity index (χ2v) is 16.0. The van der Waals surface area contributed by atoms with Crippen LogP contribution in [0.1, 0.15) is 120 Å². The maximum absolute atomic E-state index is 13.4. The number of hydrogen-bond donors (Lipinski definition) is 2. The fraction of sp³-hybridized carbons (Fsp3) is 0.938. The molecule has 5 saturated carbocycles. The van der Waals surface area contributed by atoms with E-state index in [0.29, 0.717) is 23.7 Å². The fourth-order valence-corrected chi connectivity index (χ4v) is 12.1. The quantitative estimate of drug-likeness (QED) is 0.276. The smallest absolute Gasteiger partial charge is 0.449 e. The molecule has 5 nitrogen and oxygen atoms in total. The van der Waals surface area contributed by atoms with Crippen molar-refractivity contribution in [1.82, 2.24) is 0 Å². The highest BCUT2D eigenvalue weighted by molar-refractivity contribution is 5.88. The molecule has 1 unspecified atom stereocenters. The van der Waals surface area contributed by atoms with Crippen molar-refractivity contribution in [3.05, 3.63) is 0 Å². The summed E-state index contributed by atoms with van der Waals surface area (Å²) in [4.78, 5) is 24.8. The lowest BCUT2D eigenvalue weighted by Gasteiger charge is -2.75. The van der Waals surface area contributed by atoms with E-state index < -0.39 is 23.1 Å². The molecule has 0 aromatic heterocycles. The first-order chi connectivity index (χ1) is 17.0. The van der Waals surface area contributed by atoms with Gasteiger partial charge in [0.2, 0.25) is 0 Å². The summed E-state index contributed by atoms with van der Waals surface area (Å²) in [6.45, 7) is 19.3. The number of hydrogen-bond acceptors (Lipinski definition) is 4. The average Bonchev–Trinajstić information content (AvgIpc) is 2.80. The number of carboxylic acid groups (broad SMARTS) is 1. The molecule has 0 bridgehead atoms. The van der Waals surface area contributed by atoms with E-state index in [4.69, 9.17) is 4.74 Å². The minimum Gasteiger partial charge on any atom is -0.449 e. The van der Waals surface area contributed by atoms with Crippen molar-refractivity contribution in [2.24, 2.45) is 62.6 Å². The summed E-state index contributed by atoms with van der Waals surface area (Å²) in [5.74, 6) is 2.18. The van der Waals surface area contributed by atoms with E-state index in [2.05, 4.69) is 55.4 Å². The summed E-state index contributed by atoms with van der Waals surface area (Å²) in [5.41, 5.74) is -2.00. The predicted molar refractivity (Wildman–Crippen MR) is 144 cm³/mol. The second-order valence-electron chi connectivity index (χ2n) is 16.0. The molecule has 0 aromatic carbocycles. The third-order valence-corrected chi connectivity index (χ3v) is 14.6. The summed E-state index contributed by atoms with van der Waals surface area (Å²) in [6, 6.07) is 0. The highest BCUT2D eigenvalue weighted by atomic mass is 16.7. The number of rotatable bonds is 1. The van der Waals surface area contributed by atoms with Crippen LogP contribution >= 0.6 is 0 Å². The van der Waals surface area contributed by atoms with Crippen LogP contribution in [0.4, 0.5) is 4.79 Å². The highest BCUT2D eigenvalue weighted by Crippen LogP contribution is 2.78. The molecule has 0 radical (unpaired) electrons. The first-order valence-corrected chi connectivity index (χ1v) is 15.2. The molecule has 0 spiro atoms. The van der Waals surface area contributed by atoms with Crippen molar-refractivity contribution in [3.63, 3.8) is 0 Å². The molecule has 5 fully saturated rings. The first kappa shape index (κ1) is 27.5. The summed E-state index contributed by atoms with van der Waals surface area (Å²) < 4.78 is 4.76. The lowest BCUT2D eigenvalue weighted by atomic mass is 9.30. The van der Waals surface area contributed by atoms with Crippen molar-refractivity contribution >= 4 is 12.1 Å². The molecule has 0 aliphatic heterocycles. The Labute approximate surface area is 224 Å². The average molecular weight is 517 g/mol. The van der Waals surface area contributed by atoms with E-state index in [0.717, 1.165) is 37.5 Å². The van der Waals surface area contributed by atoms with Gasteiger partial charge in [0.25, 0.3) is 0 Å². The summed E-state index contributed by atoms with van der Waals surface area (Å²) in [7, 11) is 0. The zero-order valence-electron chi connectivity index (χ0n) is 24.7. The minimum atomic E-state index is -1.78. The van der Waals surface area contributed by atoms with Gasteiger partial charge < -0.3 is 14.9 Å². The van der Waals surface area contributed by atoms with Gasteiger partial charge in [0.1, 0.15) is 0 Å². The molecule has 5 heteroatoms. The topological polar surface area (TPSA) is 83.8 Å². The summed E-state index contributed by atoms with van der Waals surface area (Å²) >= 11 is 0. The molecule has 0 amide bonds. The van der Waals surface area contributed by atoms with Crippen LogP contribution in [-0.4, -0.2) is 27.9 Å². The Morgan fingerprint density at radius 3 is 2.08 bits per heavy atom. The Bertz CT molecular complexity index is 974. The third-order valence-electron chi connectivity index (χ3n) is 14.6. The van der Waals surface area contributed by atoms with Crippen LogP contribution in [-0.2, 0) is 9.53 Å². The van der Waals surface area contributed by atoms with E-state index in [9.17, 15) is 19.8 Å². The van der Waals surface area contributed by atoms with Crippen LogP contribution in [0.5, 0.6) is 0 Å². The predicted octanol–water partition coefficient (Wildman–Crippen LogP) is 7.70. The van der Waals surface area contributed by atoms with Crippen LogP contribution in [0.2, 0.25) is 0 Å². The van der Waals surface area contributed by atoms with Crippen molar-refractivity contribution in [2.75, 3.05) is 0 Å².